The summed E-state index contributed by atoms with van der Waals surface area (Å²) >= 11 is 6.14. The van der Waals surface area contributed by atoms with Crippen LogP contribution in [0.1, 0.15) is 17.0 Å². The number of benzene rings is 2. The molecular formula is C18H22ClNO3. The summed E-state index contributed by atoms with van der Waals surface area (Å²) in [4.78, 5) is 0. The van der Waals surface area contributed by atoms with Gasteiger partial charge in [-0.3, -0.25) is 0 Å². The van der Waals surface area contributed by atoms with Crippen molar-refractivity contribution >= 4 is 11.6 Å². The first-order valence-electron chi connectivity index (χ1n) is 7.37. The molecule has 2 aromatic carbocycles. The van der Waals surface area contributed by atoms with Gasteiger partial charge < -0.3 is 19.9 Å². The third kappa shape index (κ3) is 4.09. The maximum absolute atomic E-state index is 6.14. The second-order valence-corrected chi connectivity index (χ2v) is 5.64. The van der Waals surface area contributed by atoms with Crippen molar-refractivity contribution < 1.29 is 14.2 Å². The SMILES string of the molecule is COc1ccc(OC)c(CC(CN)c2cc(Cl)ccc2OC)c1. The quantitative estimate of drug-likeness (QED) is 0.839. The molecule has 0 spiro atoms. The highest BCUT2D eigenvalue weighted by Crippen LogP contribution is 2.34. The molecule has 0 saturated heterocycles. The fourth-order valence-corrected chi connectivity index (χ4v) is 2.83. The molecule has 2 aromatic rings. The van der Waals surface area contributed by atoms with Crippen LogP contribution in [0.5, 0.6) is 17.2 Å². The van der Waals surface area contributed by atoms with Crippen LogP contribution in [0.25, 0.3) is 0 Å². The highest BCUT2D eigenvalue weighted by atomic mass is 35.5. The molecule has 124 valence electrons. The van der Waals surface area contributed by atoms with E-state index in [0.717, 1.165) is 28.4 Å². The Kier molecular flexibility index (Phi) is 6.13. The predicted octanol–water partition coefficient (Wildman–Crippen LogP) is 3.65. The van der Waals surface area contributed by atoms with E-state index in [2.05, 4.69) is 0 Å². The third-order valence-corrected chi connectivity index (χ3v) is 4.11. The summed E-state index contributed by atoms with van der Waals surface area (Å²) in [6, 6.07) is 11.3. The van der Waals surface area contributed by atoms with Crippen molar-refractivity contribution in [2.75, 3.05) is 27.9 Å². The van der Waals surface area contributed by atoms with Gasteiger partial charge in [0.15, 0.2) is 0 Å². The molecule has 0 bridgehead atoms. The molecule has 0 aromatic heterocycles. The van der Waals surface area contributed by atoms with Crippen molar-refractivity contribution in [3.8, 4) is 17.2 Å². The molecule has 23 heavy (non-hydrogen) atoms. The van der Waals surface area contributed by atoms with E-state index in [0.29, 0.717) is 18.0 Å². The Hall–Kier alpha value is -1.91. The minimum atomic E-state index is 0.0599. The van der Waals surface area contributed by atoms with Gasteiger partial charge in [0.2, 0.25) is 0 Å². The Balaban J connectivity index is 2.38. The molecule has 5 heteroatoms. The molecule has 4 nitrogen and oxygen atoms in total. The van der Waals surface area contributed by atoms with Gasteiger partial charge in [-0.25, -0.2) is 0 Å². The Morgan fingerprint density at radius 1 is 0.957 bits per heavy atom. The van der Waals surface area contributed by atoms with Gasteiger partial charge in [0.05, 0.1) is 21.3 Å². The molecule has 0 heterocycles. The molecule has 0 aliphatic carbocycles. The van der Waals surface area contributed by atoms with Crippen LogP contribution in [-0.4, -0.2) is 27.9 Å². The molecule has 2 N–H and O–H groups in total. The van der Waals surface area contributed by atoms with E-state index in [1.54, 1.807) is 21.3 Å². The molecule has 0 aliphatic heterocycles. The van der Waals surface area contributed by atoms with Gasteiger partial charge in [-0.1, -0.05) is 11.6 Å². The largest absolute Gasteiger partial charge is 0.497 e. The lowest BCUT2D eigenvalue weighted by Gasteiger charge is -2.20. The molecular weight excluding hydrogens is 314 g/mol. The van der Waals surface area contributed by atoms with E-state index in [4.69, 9.17) is 31.5 Å². The van der Waals surface area contributed by atoms with Crippen molar-refractivity contribution in [3.63, 3.8) is 0 Å². The van der Waals surface area contributed by atoms with Gasteiger partial charge in [0.1, 0.15) is 17.2 Å². The zero-order valence-electron chi connectivity index (χ0n) is 13.6. The standard InChI is InChI=1S/C18H22ClNO3/c1-21-15-5-7-17(22-2)12(9-15)8-13(11-20)16-10-14(19)4-6-18(16)23-3/h4-7,9-10,13H,8,11,20H2,1-3H3. The topological polar surface area (TPSA) is 53.7 Å². The normalized spacial score (nSPS) is 11.9. The van der Waals surface area contributed by atoms with Gasteiger partial charge in [-0.2, -0.15) is 0 Å². The highest BCUT2D eigenvalue weighted by molar-refractivity contribution is 6.30. The van der Waals surface area contributed by atoms with E-state index in [1.807, 2.05) is 36.4 Å². The van der Waals surface area contributed by atoms with E-state index in [-0.39, 0.29) is 5.92 Å². The number of hydrogen-bond donors (Lipinski definition) is 1. The summed E-state index contributed by atoms with van der Waals surface area (Å²) < 4.78 is 16.2. The van der Waals surface area contributed by atoms with Crippen LogP contribution in [0.15, 0.2) is 36.4 Å². The molecule has 1 atom stereocenters. The van der Waals surface area contributed by atoms with Crippen LogP contribution in [0.2, 0.25) is 5.02 Å². The second kappa shape index (κ2) is 8.09. The zero-order valence-corrected chi connectivity index (χ0v) is 14.4. The second-order valence-electron chi connectivity index (χ2n) is 5.20. The Labute approximate surface area is 142 Å². The fourth-order valence-electron chi connectivity index (χ4n) is 2.65. The summed E-state index contributed by atoms with van der Waals surface area (Å²) in [6.07, 6.45) is 0.702. The van der Waals surface area contributed by atoms with Crippen LogP contribution in [0.3, 0.4) is 0 Å². The van der Waals surface area contributed by atoms with E-state index in [9.17, 15) is 0 Å². The molecule has 0 radical (unpaired) electrons. The first-order chi connectivity index (χ1) is 11.1. The zero-order chi connectivity index (χ0) is 16.8. The average Bonchev–Trinajstić information content (AvgIpc) is 2.59. The summed E-state index contributed by atoms with van der Waals surface area (Å²) in [5.41, 5.74) is 8.04. The molecule has 0 aliphatic rings. The lowest BCUT2D eigenvalue weighted by atomic mass is 9.91. The first kappa shape index (κ1) is 17.4. The molecule has 2 rings (SSSR count). The number of hydrogen-bond acceptors (Lipinski definition) is 4. The monoisotopic (exact) mass is 335 g/mol. The van der Waals surface area contributed by atoms with E-state index in [1.165, 1.54) is 0 Å². The van der Waals surface area contributed by atoms with Gasteiger partial charge >= 0.3 is 0 Å². The van der Waals surface area contributed by atoms with Crippen LogP contribution in [-0.2, 0) is 6.42 Å². The van der Waals surface area contributed by atoms with Crippen molar-refractivity contribution in [2.24, 2.45) is 5.73 Å². The number of methoxy groups -OCH3 is 3. The maximum atomic E-state index is 6.14. The van der Waals surface area contributed by atoms with E-state index >= 15 is 0 Å². The highest BCUT2D eigenvalue weighted by Gasteiger charge is 2.18. The van der Waals surface area contributed by atoms with Crippen LogP contribution in [0.4, 0.5) is 0 Å². The number of rotatable bonds is 7. The third-order valence-electron chi connectivity index (χ3n) is 3.87. The van der Waals surface area contributed by atoms with Crippen molar-refractivity contribution in [2.45, 2.75) is 12.3 Å². The van der Waals surface area contributed by atoms with Crippen molar-refractivity contribution in [1.82, 2.24) is 0 Å². The van der Waals surface area contributed by atoms with Gasteiger partial charge in [-0.15, -0.1) is 0 Å². The van der Waals surface area contributed by atoms with E-state index < -0.39 is 0 Å². The lowest BCUT2D eigenvalue weighted by molar-refractivity contribution is 0.394. The Morgan fingerprint density at radius 2 is 1.65 bits per heavy atom. The summed E-state index contributed by atoms with van der Waals surface area (Å²) in [5, 5.41) is 0.664. The molecule has 0 fully saturated rings. The number of halogens is 1. The maximum Gasteiger partial charge on any atom is 0.122 e. The molecule has 0 amide bonds. The summed E-state index contributed by atoms with van der Waals surface area (Å²) in [5.74, 6) is 2.44. The number of nitrogens with two attached hydrogens (primary N) is 1. The van der Waals surface area contributed by atoms with Crippen molar-refractivity contribution in [1.29, 1.82) is 0 Å². The summed E-state index contributed by atoms with van der Waals surface area (Å²) in [6.45, 7) is 0.469. The van der Waals surface area contributed by atoms with Gasteiger partial charge in [0.25, 0.3) is 0 Å². The first-order valence-corrected chi connectivity index (χ1v) is 7.75. The minimum absolute atomic E-state index is 0.0599. The number of ether oxygens (including phenoxy) is 3. The van der Waals surface area contributed by atoms with Gasteiger partial charge in [0, 0.05) is 16.5 Å². The predicted molar refractivity (Wildman–Crippen MR) is 93.0 cm³/mol. The smallest absolute Gasteiger partial charge is 0.122 e. The van der Waals surface area contributed by atoms with Crippen LogP contribution >= 0.6 is 11.6 Å². The summed E-state index contributed by atoms with van der Waals surface area (Å²) in [7, 11) is 4.95. The minimum Gasteiger partial charge on any atom is -0.497 e. The average molecular weight is 336 g/mol. The van der Waals surface area contributed by atoms with Gasteiger partial charge in [-0.05, 0) is 54.9 Å². The Morgan fingerprint density at radius 3 is 2.26 bits per heavy atom. The molecule has 0 saturated carbocycles. The van der Waals surface area contributed by atoms with Crippen LogP contribution in [0, 0.1) is 0 Å². The molecule has 1 unspecified atom stereocenters. The van der Waals surface area contributed by atoms with Crippen LogP contribution < -0.4 is 19.9 Å². The Bertz CT molecular complexity index is 661. The lowest BCUT2D eigenvalue weighted by Crippen LogP contribution is -2.16. The van der Waals surface area contributed by atoms with Crippen molar-refractivity contribution in [3.05, 3.63) is 52.5 Å². The fraction of sp³-hybridized carbons (Fsp3) is 0.333.